The Labute approximate surface area is 130 Å². The van der Waals surface area contributed by atoms with Gasteiger partial charge in [-0.3, -0.25) is 9.59 Å². The van der Waals surface area contributed by atoms with Crippen molar-refractivity contribution in [1.29, 1.82) is 0 Å². The van der Waals surface area contributed by atoms with E-state index in [-0.39, 0.29) is 24.3 Å². The van der Waals surface area contributed by atoms with Gasteiger partial charge in [-0.1, -0.05) is 36.9 Å². The molecule has 0 unspecified atom stereocenters. The van der Waals surface area contributed by atoms with Crippen LogP contribution in [0.15, 0.2) is 18.2 Å². The zero-order chi connectivity index (χ0) is 15.2. The maximum atomic E-state index is 11.9. The first-order valence-corrected chi connectivity index (χ1v) is 7.78. The summed E-state index contributed by atoms with van der Waals surface area (Å²) in [4.78, 5) is 23.8. The lowest BCUT2D eigenvalue weighted by atomic mass is 9.95. The molecule has 1 fully saturated rings. The smallest absolute Gasteiger partial charge is 0.233 e. The lowest BCUT2D eigenvalue weighted by Crippen LogP contribution is -2.37. The molecule has 2 rings (SSSR count). The highest BCUT2D eigenvalue weighted by Gasteiger charge is 2.17. The topological polar surface area (TPSA) is 58.2 Å². The van der Waals surface area contributed by atoms with E-state index in [2.05, 4.69) is 10.6 Å². The van der Waals surface area contributed by atoms with Crippen LogP contribution in [0.1, 0.15) is 44.1 Å². The van der Waals surface area contributed by atoms with Gasteiger partial charge in [0.1, 0.15) is 6.42 Å². The van der Waals surface area contributed by atoms with Crippen molar-refractivity contribution in [3.63, 3.8) is 0 Å². The average Bonchev–Trinajstić information content (AvgIpc) is 2.43. The fraction of sp³-hybridized carbons (Fsp3) is 0.500. The van der Waals surface area contributed by atoms with Gasteiger partial charge in [0.25, 0.3) is 0 Å². The van der Waals surface area contributed by atoms with Gasteiger partial charge < -0.3 is 10.6 Å². The van der Waals surface area contributed by atoms with Crippen LogP contribution in [0.2, 0.25) is 5.02 Å². The van der Waals surface area contributed by atoms with E-state index in [9.17, 15) is 9.59 Å². The Kier molecular flexibility index (Phi) is 5.62. The second-order valence-corrected chi connectivity index (χ2v) is 6.02. The summed E-state index contributed by atoms with van der Waals surface area (Å²) in [6.45, 7) is 1.88. The van der Waals surface area contributed by atoms with Crippen LogP contribution in [0.5, 0.6) is 0 Å². The van der Waals surface area contributed by atoms with Crippen molar-refractivity contribution in [1.82, 2.24) is 5.32 Å². The van der Waals surface area contributed by atoms with Crippen molar-refractivity contribution in [3.8, 4) is 0 Å². The Morgan fingerprint density at radius 1 is 1.19 bits per heavy atom. The SMILES string of the molecule is Cc1ccc(Cl)cc1NC(=O)CC(=O)NC1CCCCC1. The number of rotatable bonds is 4. The van der Waals surface area contributed by atoms with Crippen LogP contribution in [0.25, 0.3) is 0 Å². The first kappa shape index (κ1) is 15.8. The van der Waals surface area contributed by atoms with Gasteiger partial charge in [0.2, 0.25) is 11.8 Å². The molecule has 5 heteroatoms. The molecule has 0 heterocycles. The highest BCUT2D eigenvalue weighted by molar-refractivity contribution is 6.31. The molecule has 114 valence electrons. The van der Waals surface area contributed by atoms with Crippen LogP contribution in [-0.2, 0) is 9.59 Å². The van der Waals surface area contributed by atoms with Gasteiger partial charge in [0, 0.05) is 16.8 Å². The molecule has 0 spiro atoms. The van der Waals surface area contributed by atoms with Crippen LogP contribution in [0, 0.1) is 6.92 Å². The monoisotopic (exact) mass is 308 g/mol. The van der Waals surface area contributed by atoms with E-state index in [0.717, 1.165) is 31.2 Å². The molecule has 2 N–H and O–H groups in total. The lowest BCUT2D eigenvalue weighted by molar-refractivity contribution is -0.127. The minimum Gasteiger partial charge on any atom is -0.353 e. The Morgan fingerprint density at radius 3 is 2.62 bits per heavy atom. The first-order chi connectivity index (χ1) is 10.0. The third kappa shape index (κ3) is 5.05. The third-order valence-electron chi connectivity index (χ3n) is 3.77. The number of aryl methyl sites for hydroxylation is 1. The molecular formula is C16H21ClN2O2. The molecule has 0 aliphatic heterocycles. The Morgan fingerprint density at radius 2 is 1.90 bits per heavy atom. The summed E-state index contributed by atoms with van der Waals surface area (Å²) in [5, 5.41) is 6.23. The molecule has 0 atom stereocenters. The summed E-state index contributed by atoms with van der Waals surface area (Å²) >= 11 is 5.90. The maximum Gasteiger partial charge on any atom is 0.233 e. The first-order valence-electron chi connectivity index (χ1n) is 7.40. The van der Waals surface area contributed by atoms with Crippen LogP contribution < -0.4 is 10.6 Å². The number of amides is 2. The number of hydrogen-bond donors (Lipinski definition) is 2. The number of nitrogens with one attached hydrogen (secondary N) is 2. The van der Waals surface area contributed by atoms with E-state index >= 15 is 0 Å². The average molecular weight is 309 g/mol. The minimum atomic E-state index is -0.311. The molecule has 0 saturated heterocycles. The highest BCUT2D eigenvalue weighted by Crippen LogP contribution is 2.20. The van der Waals surface area contributed by atoms with Gasteiger partial charge in [0.05, 0.1) is 0 Å². The summed E-state index contributed by atoms with van der Waals surface area (Å²) in [5.74, 6) is -0.521. The summed E-state index contributed by atoms with van der Waals surface area (Å²) < 4.78 is 0. The predicted octanol–water partition coefficient (Wildman–Crippen LogP) is 3.43. The number of anilines is 1. The van der Waals surface area contributed by atoms with E-state index in [0.29, 0.717) is 10.7 Å². The molecule has 0 aromatic heterocycles. The molecule has 0 bridgehead atoms. The Bertz CT molecular complexity index is 525. The predicted molar refractivity (Wildman–Crippen MR) is 84.5 cm³/mol. The summed E-state index contributed by atoms with van der Waals surface area (Å²) in [7, 11) is 0. The molecule has 1 aromatic rings. The minimum absolute atomic E-state index is 0.150. The molecule has 1 aromatic carbocycles. The standard InChI is InChI=1S/C16H21ClN2O2/c1-11-7-8-12(17)9-14(11)19-16(21)10-15(20)18-13-5-3-2-4-6-13/h7-9,13H,2-6,10H2,1H3,(H,18,20)(H,19,21). The van der Waals surface area contributed by atoms with E-state index in [1.54, 1.807) is 12.1 Å². The summed E-state index contributed by atoms with van der Waals surface area (Å²) in [5.41, 5.74) is 1.57. The summed E-state index contributed by atoms with van der Waals surface area (Å²) in [6, 6.07) is 5.52. The second kappa shape index (κ2) is 7.46. The van der Waals surface area contributed by atoms with Crippen molar-refractivity contribution < 1.29 is 9.59 Å². The van der Waals surface area contributed by atoms with Gasteiger partial charge in [-0.05, 0) is 37.5 Å². The molecular weight excluding hydrogens is 288 g/mol. The number of benzene rings is 1. The van der Waals surface area contributed by atoms with Crippen LogP contribution >= 0.6 is 11.6 Å². The number of carbonyl (C=O) groups excluding carboxylic acids is 2. The summed E-state index contributed by atoms with van der Waals surface area (Å²) in [6.07, 6.45) is 5.42. The fourth-order valence-electron chi connectivity index (χ4n) is 2.59. The zero-order valence-electron chi connectivity index (χ0n) is 12.2. The molecule has 1 aliphatic carbocycles. The van der Waals surface area contributed by atoms with Gasteiger partial charge in [-0.25, -0.2) is 0 Å². The van der Waals surface area contributed by atoms with Crippen LogP contribution in [-0.4, -0.2) is 17.9 Å². The van der Waals surface area contributed by atoms with Crippen molar-refractivity contribution in [2.75, 3.05) is 5.32 Å². The van der Waals surface area contributed by atoms with Crippen molar-refractivity contribution in [3.05, 3.63) is 28.8 Å². The highest BCUT2D eigenvalue weighted by atomic mass is 35.5. The van der Waals surface area contributed by atoms with Gasteiger partial charge in [-0.2, -0.15) is 0 Å². The van der Waals surface area contributed by atoms with Crippen molar-refractivity contribution >= 4 is 29.1 Å². The second-order valence-electron chi connectivity index (χ2n) is 5.59. The molecule has 4 nitrogen and oxygen atoms in total. The maximum absolute atomic E-state index is 11.9. The van der Waals surface area contributed by atoms with Gasteiger partial charge in [0.15, 0.2) is 0 Å². The molecule has 0 radical (unpaired) electrons. The Balaban J connectivity index is 1.83. The third-order valence-corrected chi connectivity index (χ3v) is 4.00. The molecule has 2 amide bonds. The van der Waals surface area contributed by atoms with Crippen LogP contribution in [0.4, 0.5) is 5.69 Å². The Hall–Kier alpha value is -1.55. The van der Waals surface area contributed by atoms with E-state index in [1.165, 1.54) is 6.42 Å². The number of hydrogen-bond acceptors (Lipinski definition) is 2. The largest absolute Gasteiger partial charge is 0.353 e. The van der Waals surface area contributed by atoms with Gasteiger partial charge in [-0.15, -0.1) is 0 Å². The van der Waals surface area contributed by atoms with Gasteiger partial charge >= 0.3 is 0 Å². The van der Waals surface area contributed by atoms with E-state index < -0.39 is 0 Å². The zero-order valence-corrected chi connectivity index (χ0v) is 13.0. The van der Waals surface area contributed by atoms with Crippen molar-refractivity contribution in [2.24, 2.45) is 0 Å². The van der Waals surface area contributed by atoms with Crippen molar-refractivity contribution in [2.45, 2.75) is 51.5 Å². The van der Waals surface area contributed by atoms with E-state index in [1.807, 2.05) is 13.0 Å². The molecule has 1 aliphatic rings. The number of carbonyl (C=O) groups is 2. The van der Waals surface area contributed by atoms with E-state index in [4.69, 9.17) is 11.6 Å². The quantitative estimate of drug-likeness (QED) is 0.837. The van der Waals surface area contributed by atoms with Crippen LogP contribution in [0.3, 0.4) is 0 Å². The molecule has 21 heavy (non-hydrogen) atoms. The normalized spacial score (nSPS) is 15.5. The lowest BCUT2D eigenvalue weighted by Gasteiger charge is -2.22. The fourth-order valence-corrected chi connectivity index (χ4v) is 2.77. The molecule has 1 saturated carbocycles. The number of halogens is 1.